The van der Waals surface area contributed by atoms with Crippen LogP contribution in [-0.4, -0.2) is 17.4 Å². The van der Waals surface area contributed by atoms with E-state index in [4.69, 9.17) is 17.3 Å². The van der Waals surface area contributed by atoms with Crippen molar-refractivity contribution in [3.05, 3.63) is 23.5 Å². The first-order chi connectivity index (χ1) is 9.15. The molecule has 0 saturated heterocycles. The first-order valence-electron chi connectivity index (χ1n) is 6.77. The molecule has 0 fully saturated rings. The number of carbonyl (C=O) groups excluding carboxylic acids is 1. The second-order valence-corrected chi connectivity index (χ2v) is 5.08. The molecule has 5 heteroatoms. The van der Waals surface area contributed by atoms with Gasteiger partial charge in [-0.3, -0.25) is 4.79 Å². The van der Waals surface area contributed by atoms with E-state index >= 15 is 0 Å². The van der Waals surface area contributed by atoms with E-state index in [1.54, 1.807) is 18.3 Å². The number of hydrogen-bond donors (Lipinski definition) is 2. The van der Waals surface area contributed by atoms with Gasteiger partial charge in [-0.2, -0.15) is 0 Å². The number of hydrogen-bond acceptors (Lipinski definition) is 3. The van der Waals surface area contributed by atoms with E-state index in [0.717, 1.165) is 25.7 Å². The summed E-state index contributed by atoms with van der Waals surface area (Å²) in [6, 6.07) is 3.40. The van der Waals surface area contributed by atoms with Crippen LogP contribution in [0.15, 0.2) is 18.3 Å². The minimum Gasteiger partial charge on any atom is -0.330 e. The van der Waals surface area contributed by atoms with Crippen molar-refractivity contribution in [3.8, 4) is 0 Å². The zero-order valence-electron chi connectivity index (χ0n) is 11.4. The molecule has 4 nitrogen and oxygen atoms in total. The van der Waals surface area contributed by atoms with E-state index in [9.17, 15) is 4.79 Å². The zero-order valence-corrected chi connectivity index (χ0v) is 12.1. The first-order valence-corrected chi connectivity index (χ1v) is 7.15. The molecular weight excluding hydrogens is 262 g/mol. The maximum Gasteiger partial charge on any atom is 0.224 e. The Kier molecular flexibility index (Phi) is 7.45. The van der Waals surface area contributed by atoms with Crippen LogP contribution in [0.2, 0.25) is 5.15 Å². The fourth-order valence-corrected chi connectivity index (χ4v) is 2.20. The fraction of sp³-hybridized carbons (Fsp3) is 0.571. The molecule has 19 heavy (non-hydrogen) atoms. The van der Waals surface area contributed by atoms with Gasteiger partial charge in [0.25, 0.3) is 0 Å². The van der Waals surface area contributed by atoms with Gasteiger partial charge in [-0.05, 0) is 37.4 Å². The molecule has 1 atom stereocenters. The summed E-state index contributed by atoms with van der Waals surface area (Å²) >= 11 is 5.68. The van der Waals surface area contributed by atoms with Gasteiger partial charge < -0.3 is 11.1 Å². The number of nitrogens with two attached hydrogens (primary N) is 1. The molecule has 0 spiro atoms. The van der Waals surface area contributed by atoms with Crippen molar-refractivity contribution < 1.29 is 4.79 Å². The number of pyridine rings is 1. The number of halogens is 1. The number of amides is 1. The molecule has 106 valence electrons. The summed E-state index contributed by atoms with van der Waals surface area (Å²) in [5.74, 6) is 0.561. The first kappa shape index (κ1) is 15.9. The third-order valence-electron chi connectivity index (χ3n) is 3.06. The minimum atomic E-state index is 0.0160. The van der Waals surface area contributed by atoms with E-state index in [1.807, 2.05) is 0 Å². The number of anilines is 1. The zero-order chi connectivity index (χ0) is 14.1. The lowest BCUT2D eigenvalue weighted by atomic mass is 9.94. The highest BCUT2D eigenvalue weighted by atomic mass is 35.5. The van der Waals surface area contributed by atoms with E-state index in [-0.39, 0.29) is 5.91 Å². The maximum absolute atomic E-state index is 11.8. The van der Waals surface area contributed by atoms with Crippen molar-refractivity contribution in [2.75, 3.05) is 11.9 Å². The molecule has 1 aromatic rings. The van der Waals surface area contributed by atoms with Crippen LogP contribution in [0, 0.1) is 5.92 Å². The van der Waals surface area contributed by atoms with Crippen molar-refractivity contribution in [2.45, 2.75) is 39.0 Å². The van der Waals surface area contributed by atoms with Crippen LogP contribution in [0.1, 0.15) is 39.0 Å². The maximum atomic E-state index is 11.8. The number of nitrogens with one attached hydrogen (secondary N) is 1. The lowest BCUT2D eigenvalue weighted by Crippen LogP contribution is -2.15. The van der Waals surface area contributed by atoms with Gasteiger partial charge in [0.1, 0.15) is 5.15 Å². The molecule has 3 N–H and O–H groups in total. The fourth-order valence-electron chi connectivity index (χ4n) is 2.09. The van der Waals surface area contributed by atoms with Crippen molar-refractivity contribution >= 4 is 23.2 Å². The molecule has 1 heterocycles. The third-order valence-corrected chi connectivity index (χ3v) is 3.29. The van der Waals surface area contributed by atoms with Crippen LogP contribution in [-0.2, 0) is 4.79 Å². The molecule has 0 aliphatic rings. The van der Waals surface area contributed by atoms with Gasteiger partial charge in [0.2, 0.25) is 5.91 Å². The summed E-state index contributed by atoms with van der Waals surface area (Å²) in [5, 5.41) is 3.24. The number of rotatable bonds is 8. The van der Waals surface area contributed by atoms with E-state index in [0.29, 0.717) is 29.7 Å². The quantitative estimate of drug-likeness (QED) is 0.720. The van der Waals surface area contributed by atoms with Gasteiger partial charge in [0.15, 0.2) is 0 Å². The second-order valence-electron chi connectivity index (χ2n) is 4.69. The molecule has 0 aliphatic carbocycles. The lowest BCUT2D eigenvalue weighted by molar-refractivity contribution is -0.116. The minimum absolute atomic E-state index is 0.0160. The normalized spacial score (nSPS) is 12.2. The monoisotopic (exact) mass is 283 g/mol. The Morgan fingerprint density at radius 3 is 2.79 bits per heavy atom. The molecule has 1 amide bonds. The second kappa shape index (κ2) is 8.88. The molecule has 0 aliphatic heterocycles. The van der Waals surface area contributed by atoms with Gasteiger partial charge in [-0.1, -0.05) is 31.4 Å². The van der Waals surface area contributed by atoms with Crippen LogP contribution >= 0.6 is 11.6 Å². The number of nitrogens with zero attached hydrogens (tertiary/aromatic N) is 1. The topological polar surface area (TPSA) is 68.0 Å². The highest BCUT2D eigenvalue weighted by Gasteiger charge is 2.10. The molecule has 1 rings (SSSR count). The average Bonchev–Trinajstić information content (AvgIpc) is 2.39. The van der Waals surface area contributed by atoms with Crippen molar-refractivity contribution in [2.24, 2.45) is 11.7 Å². The molecule has 1 aromatic heterocycles. The van der Waals surface area contributed by atoms with E-state index < -0.39 is 0 Å². The molecule has 0 aromatic carbocycles. The highest BCUT2D eigenvalue weighted by Crippen LogP contribution is 2.17. The molecular formula is C14H22ClN3O. The van der Waals surface area contributed by atoms with Crippen molar-refractivity contribution in [1.29, 1.82) is 0 Å². The summed E-state index contributed by atoms with van der Waals surface area (Å²) in [5.41, 5.74) is 6.26. The standard InChI is InChI=1S/C14H22ClN3O/c1-2-3-11(8-9-16)4-7-14(19)18-12-5-6-13(15)17-10-12/h5-6,10-11H,2-4,7-9,16H2,1H3,(H,18,19). The van der Waals surface area contributed by atoms with Crippen LogP contribution in [0.3, 0.4) is 0 Å². The van der Waals surface area contributed by atoms with Gasteiger partial charge in [0.05, 0.1) is 11.9 Å². The van der Waals surface area contributed by atoms with E-state index in [1.165, 1.54) is 0 Å². The van der Waals surface area contributed by atoms with Crippen LogP contribution < -0.4 is 11.1 Å². The summed E-state index contributed by atoms with van der Waals surface area (Å²) in [7, 11) is 0. The Morgan fingerprint density at radius 1 is 1.42 bits per heavy atom. The van der Waals surface area contributed by atoms with Gasteiger partial charge in [-0.25, -0.2) is 4.98 Å². The van der Waals surface area contributed by atoms with E-state index in [2.05, 4.69) is 17.2 Å². The Bertz CT molecular complexity index is 375. The lowest BCUT2D eigenvalue weighted by Gasteiger charge is -2.14. The predicted molar refractivity (Wildman–Crippen MR) is 79.2 cm³/mol. The molecule has 1 unspecified atom stereocenters. The van der Waals surface area contributed by atoms with Gasteiger partial charge >= 0.3 is 0 Å². The smallest absolute Gasteiger partial charge is 0.224 e. The number of carbonyl (C=O) groups is 1. The Labute approximate surface area is 119 Å². The Balaban J connectivity index is 2.35. The predicted octanol–water partition coefficient (Wildman–Crippen LogP) is 3.22. The summed E-state index contributed by atoms with van der Waals surface area (Å²) in [4.78, 5) is 15.7. The SMILES string of the molecule is CCCC(CCN)CCC(=O)Nc1ccc(Cl)nc1. The summed E-state index contributed by atoms with van der Waals surface area (Å²) in [6.45, 7) is 2.84. The average molecular weight is 284 g/mol. The van der Waals surface area contributed by atoms with Gasteiger partial charge in [0, 0.05) is 6.42 Å². The van der Waals surface area contributed by atoms with Gasteiger partial charge in [-0.15, -0.1) is 0 Å². The Hall–Kier alpha value is -1.13. The largest absolute Gasteiger partial charge is 0.330 e. The molecule has 0 saturated carbocycles. The van der Waals surface area contributed by atoms with Crippen molar-refractivity contribution in [3.63, 3.8) is 0 Å². The van der Waals surface area contributed by atoms with Crippen LogP contribution in [0.5, 0.6) is 0 Å². The number of aromatic nitrogens is 1. The highest BCUT2D eigenvalue weighted by molar-refractivity contribution is 6.29. The third kappa shape index (κ3) is 6.55. The van der Waals surface area contributed by atoms with Crippen LogP contribution in [0.25, 0.3) is 0 Å². The summed E-state index contributed by atoms with van der Waals surface area (Å²) < 4.78 is 0. The summed E-state index contributed by atoms with van der Waals surface area (Å²) in [6.07, 6.45) is 6.22. The van der Waals surface area contributed by atoms with Crippen LogP contribution in [0.4, 0.5) is 5.69 Å². The van der Waals surface area contributed by atoms with Crippen molar-refractivity contribution in [1.82, 2.24) is 4.98 Å². The molecule has 0 radical (unpaired) electrons. The molecule has 0 bridgehead atoms. The Morgan fingerprint density at radius 2 is 2.21 bits per heavy atom.